The minimum Gasteiger partial charge on any atom is -0.496 e. The molecule has 0 aliphatic carbocycles. The number of nitrogens with one attached hydrogen (secondary N) is 2. The van der Waals surface area contributed by atoms with Crippen LogP contribution in [0.5, 0.6) is 11.5 Å². The van der Waals surface area contributed by atoms with Gasteiger partial charge in [0.2, 0.25) is 0 Å². The van der Waals surface area contributed by atoms with Gasteiger partial charge in [0.1, 0.15) is 11.5 Å². The molecule has 8 nitrogen and oxygen atoms in total. The van der Waals surface area contributed by atoms with Gasteiger partial charge in [0.25, 0.3) is 0 Å². The van der Waals surface area contributed by atoms with E-state index in [2.05, 4.69) is 32.2 Å². The summed E-state index contributed by atoms with van der Waals surface area (Å²) in [6, 6.07) is 16.1. The van der Waals surface area contributed by atoms with Crippen molar-refractivity contribution in [2.45, 2.75) is 20.0 Å². The zero-order valence-corrected chi connectivity index (χ0v) is 19.7. The van der Waals surface area contributed by atoms with Gasteiger partial charge in [-0.25, -0.2) is 14.3 Å². The second kappa shape index (κ2) is 8.72. The Bertz CT molecular complexity index is 1560. The lowest BCUT2D eigenvalue weighted by atomic mass is 9.98. The van der Waals surface area contributed by atoms with E-state index >= 15 is 0 Å². The molecule has 5 rings (SSSR count). The summed E-state index contributed by atoms with van der Waals surface area (Å²) in [5.41, 5.74) is 6.23. The third-order valence-corrected chi connectivity index (χ3v) is 6.29. The zero-order chi connectivity index (χ0) is 23.8. The van der Waals surface area contributed by atoms with Gasteiger partial charge in [0, 0.05) is 48.5 Å². The highest BCUT2D eigenvalue weighted by Gasteiger charge is 2.15. The van der Waals surface area contributed by atoms with Crippen LogP contribution in [0.4, 0.5) is 0 Å². The molecule has 0 bridgehead atoms. The lowest BCUT2D eigenvalue weighted by Crippen LogP contribution is -2.15. The summed E-state index contributed by atoms with van der Waals surface area (Å²) in [5.74, 6) is 1.55. The molecule has 3 aromatic heterocycles. The topological polar surface area (TPSA) is 85.6 Å². The van der Waals surface area contributed by atoms with Crippen molar-refractivity contribution >= 4 is 16.6 Å². The molecule has 0 fully saturated rings. The molecule has 34 heavy (non-hydrogen) atoms. The monoisotopic (exact) mass is 457 g/mol. The predicted octanol–water partition coefficient (Wildman–Crippen LogP) is 3.80. The number of pyridine rings is 1. The molecule has 0 saturated heterocycles. The number of H-pyrrole nitrogens is 1. The van der Waals surface area contributed by atoms with Gasteiger partial charge in [-0.15, -0.1) is 0 Å². The van der Waals surface area contributed by atoms with E-state index in [9.17, 15) is 4.79 Å². The molecule has 2 aromatic carbocycles. The summed E-state index contributed by atoms with van der Waals surface area (Å²) in [6.45, 7) is 3.39. The van der Waals surface area contributed by atoms with Gasteiger partial charge in [0.05, 0.1) is 19.7 Å². The van der Waals surface area contributed by atoms with Crippen molar-refractivity contribution < 1.29 is 9.47 Å². The smallest absolute Gasteiger partial charge is 0.348 e. The van der Waals surface area contributed by atoms with Crippen molar-refractivity contribution in [1.29, 1.82) is 0 Å². The molecule has 0 saturated carbocycles. The maximum atomic E-state index is 12.5. The quantitative estimate of drug-likeness (QED) is 0.388. The van der Waals surface area contributed by atoms with E-state index in [1.807, 2.05) is 56.6 Å². The fraction of sp³-hybridized carbons (Fsp3) is 0.231. The summed E-state index contributed by atoms with van der Waals surface area (Å²) < 4.78 is 15.1. The first-order valence-electron chi connectivity index (χ1n) is 11.1. The van der Waals surface area contributed by atoms with Crippen LogP contribution >= 0.6 is 0 Å². The van der Waals surface area contributed by atoms with E-state index in [-0.39, 0.29) is 5.69 Å². The molecule has 0 amide bonds. The second-order valence-electron chi connectivity index (χ2n) is 8.36. The first-order chi connectivity index (χ1) is 16.5. The fourth-order valence-electron chi connectivity index (χ4n) is 4.46. The lowest BCUT2D eigenvalue weighted by molar-refractivity contribution is 0.407. The van der Waals surface area contributed by atoms with Crippen LogP contribution in [0.2, 0.25) is 0 Å². The molecule has 0 unspecified atom stereocenters. The Morgan fingerprint density at radius 1 is 1.03 bits per heavy atom. The molecule has 0 aliphatic rings. The molecular weight excluding hydrogens is 430 g/mol. The summed E-state index contributed by atoms with van der Waals surface area (Å²) >= 11 is 0. The number of aromatic nitrogens is 4. The first kappa shape index (κ1) is 21.8. The van der Waals surface area contributed by atoms with Gasteiger partial charge < -0.3 is 19.4 Å². The third-order valence-electron chi connectivity index (χ3n) is 6.29. The van der Waals surface area contributed by atoms with Crippen molar-refractivity contribution in [2.75, 3.05) is 14.2 Å². The van der Waals surface area contributed by atoms with Crippen molar-refractivity contribution in [2.24, 2.45) is 7.05 Å². The molecule has 0 radical (unpaired) electrons. The molecular formula is C26H27N5O3. The second-order valence-corrected chi connectivity index (χ2v) is 8.36. The third kappa shape index (κ3) is 3.72. The Kier molecular flexibility index (Phi) is 5.59. The van der Waals surface area contributed by atoms with E-state index < -0.39 is 0 Å². The van der Waals surface area contributed by atoms with Gasteiger partial charge in [-0.2, -0.15) is 5.10 Å². The molecule has 3 heterocycles. The Morgan fingerprint density at radius 2 is 1.85 bits per heavy atom. The van der Waals surface area contributed by atoms with Gasteiger partial charge in [-0.1, -0.05) is 6.07 Å². The van der Waals surface area contributed by atoms with Crippen LogP contribution in [0.3, 0.4) is 0 Å². The Balaban J connectivity index is 1.59. The van der Waals surface area contributed by atoms with Gasteiger partial charge in [0.15, 0.2) is 5.65 Å². The van der Waals surface area contributed by atoms with Crippen LogP contribution in [0, 0.1) is 6.92 Å². The average Bonchev–Trinajstić information content (AvgIpc) is 3.43. The zero-order valence-electron chi connectivity index (χ0n) is 19.7. The van der Waals surface area contributed by atoms with Crippen molar-refractivity contribution in [1.82, 2.24) is 24.5 Å². The number of rotatable bonds is 7. The predicted molar refractivity (Wildman–Crippen MR) is 133 cm³/mol. The Labute approximate surface area is 196 Å². The maximum absolute atomic E-state index is 12.5. The minimum absolute atomic E-state index is 0.267. The number of hydrogen-bond donors (Lipinski definition) is 2. The van der Waals surface area contributed by atoms with Crippen molar-refractivity contribution in [3.63, 3.8) is 0 Å². The molecule has 174 valence electrons. The van der Waals surface area contributed by atoms with Gasteiger partial charge in [-0.05, 0) is 60.5 Å². The molecule has 0 aliphatic heterocycles. The first-order valence-corrected chi connectivity index (χ1v) is 11.1. The molecule has 8 heteroatoms. The fourth-order valence-corrected chi connectivity index (χ4v) is 4.46. The van der Waals surface area contributed by atoms with Crippen LogP contribution in [0.25, 0.3) is 27.7 Å². The van der Waals surface area contributed by atoms with Crippen LogP contribution < -0.4 is 20.5 Å². The largest absolute Gasteiger partial charge is 0.496 e. The number of ether oxygens (including phenoxy) is 2. The normalized spacial score (nSPS) is 11.4. The van der Waals surface area contributed by atoms with Crippen LogP contribution in [-0.4, -0.2) is 33.4 Å². The molecule has 0 spiro atoms. The summed E-state index contributed by atoms with van der Waals surface area (Å²) in [6.07, 6.45) is 2.04. The summed E-state index contributed by atoms with van der Waals surface area (Å²) in [7, 11) is 5.37. The van der Waals surface area contributed by atoms with E-state index in [1.54, 1.807) is 18.6 Å². The number of methoxy groups -OCH3 is 2. The number of aryl methyl sites for hydroxylation is 2. The van der Waals surface area contributed by atoms with E-state index in [0.717, 1.165) is 51.2 Å². The summed E-state index contributed by atoms with van der Waals surface area (Å²) in [5, 5.41) is 11.1. The Morgan fingerprint density at radius 3 is 2.59 bits per heavy atom. The van der Waals surface area contributed by atoms with Crippen molar-refractivity contribution in [3.05, 3.63) is 82.0 Å². The Hall–Kier alpha value is -4.04. The number of benzene rings is 2. The highest BCUT2D eigenvalue weighted by Crippen LogP contribution is 2.37. The summed E-state index contributed by atoms with van der Waals surface area (Å²) in [4.78, 5) is 12.5. The SMILES string of the molecule is COc1ccc(-c2cc3c(cc2OC)c(C)cc2n[nH]c(=O)n23)cc1CNCc1cccn1C. The number of hydrogen-bond acceptors (Lipinski definition) is 5. The highest BCUT2D eigenvalue weighted by atomic mass is 16.5. The molecule has 5 aromatic rings. The highest BCUT2D eigenvalue weighted by molar-refractivity contribution is 5.92. The van der Waals surface area contributed by atoms with E-state index in [1.165, 1.54) is 5.69 Å². The molecule has 2 N–H and O–H groups in total. The molecule has 0 atom stereocenters. The number of aromatic amines is 1. The maximum Gasteiger partial charge on any atom is 0.348 e. The van der Waals surface area contributed by atoms with E-state index in [0.29, 0.717) is 12.2 Å². The number of fused-ring (bicyclic) bond motifs is 3. The minimum atomic E-state index is -0.267. The van der Waals surface area contributed by atoms with Crippen LogP contribution in [0.15, 0.2) is 59.5 Å². The van der Waals surface area contributed by atoms with Crippen LogP contribution in [-0.2, 0) is 20.1 Å². The number of nitrogens with zero attached hydrogens (tertiary/aromatic N) is 3. The van der Waals surface area contributed by atoms with Gasteiger partial charge >= 0.3 is 5.69 Å². The standard InChI is InChI=1S/C26H27N5O3/c1-16-10-25-28-29-26(32)31(25)22-12-21(24(34-4)13-20(16)22)17-7-8-23(33-3)18(11-17)14-27-15-19-6-5-9-30(19)2/h5-13,27H,14-15H2,1-4H3,(H,29,32). The lowest BCUT2D eigenvalue weighted by Gasteiger charge is -2.16. The van der Waals surface area contributed by atoms with Crippen LogP contribution in [0.1, 0.15) is 16.8 Å². The van der Waals surface area contributed by atoms with E-state index in [4.69, 9.17) is 9.47 Å². The average molecular weight is 458 g/mol. The van der Waals surface area contributed by atoms with Crippen molar-refractivity contribution in [3.8, 4) is 22.6 Å². The van der Waals surface area contributed by atoms with Gasteiger partial charge in [-0.3, -0.25) is 0 Å².